The fourth-order valence-electron chi connectivity index (χ4n) is 0.459. The highest BCUT2D eigenvalue weighted by molar-refractivity contribution is 7.45. The monoisotopic (exact) mass is 223 g/mol. The third-order valence-corrected chi connectivity index (χ3v) is 2.08. The summed E-state index contributed by atoms with van der Waals surface area (Å²) >= 11 is 0. The first-order valence-electron chi connectivity index (χ1n) is 3.73. The normalized spacial score (nSPS) is 14.5. The van der Waals surface area contributed by atoms with Crippen LogP contribution < -0.4 is 4.89 Å². The van der Waals surface area contributed by atoms with Gasteiger partial charge in [-0.25, -0.2) is 4.79 Å². The highest BCUT2D eigenvalue weighted by Gasteiger charge is 2.07. The van der Waals surface area contributed by atoms with Crippen molar-refractivity contribution in [3.8, 4) is 0 Å². The minimum absolute atomic E-state index is 0.165. The average Bonchev–Trinajstić information content (AvgIpc) is 2.12. The molecule has 6 nitrogen and oxygen atoms in total. The predicted molar refractivity (Wildman–Crippen MR) is 46.3 cm³/mol. The molecule has 0 heterocycles. The van der Waals surface area contributed by atoms with Crippen LogP contribution in [0.25, 0.3) is 0 Å². The molecular formula is C7H12O6P-. The fourth-order valence-corrected chi connectivity index (χ4v) is 0.863. The molecule has 0 rings (SSSR count). The van der Waals surface area contributed by atoms with Gasteiger partial charge in [-0.1, -0.05) is 6.58 Å². The number of ether oxygens (including phenoxy) is 1. The maximum absolute atomic E-state index is 10.8. The third-order valence-electron chi connectivity index (χ3n) is 1.14. The van der Waals surface area contributed by atoms with Crippen molar-refractivity contribution in [2.45, 2.75) is 6.92 Å². The third kappa shape index (κ3) is 5.88. The number of phosphoric acid groups is 1. The van der Waals surface area contributed by atoms with E-state index in [1.165, 1.54) is 6.92 Å². The summed E-state index contributed by atoms with van der Waals surface area (Å²) in [6.45, 7) is 4.39. The number of carbonyl (C=O) groups excluding carboxylic acids is 1. The molecule has 0 aliphatic heterocycles. The molecule has 0 aliphatic carbocycles. The summed E-state index contributed by atoms with van der Waals surface area (Å²) in [6, 6.07) is 0. The molecule has 0 aromatic heterocycles. The summed E-state index contributed by atoms with van der Waals surface area (Å²) in [5, 5.41) is 0. The quantitative estimate of drug-likeness (QED) is 0.277. The number of carbonyl (C=O) groups is 1. The molecule has 7 heteroatoms. The standard InChI is InChI=1S/C7H13O6P/c1-6(2)7(8)12-4-5-13-14(9,10)11-3/h1,4-5H2,2-3H3,(H,9,10)/p-1. The van der Waals surface area contributed by atoms with Crippen molar-refractivity contribution in [2.75, 3.05) is 20.3 Å². The van der Waals surface area contributed by atoms with E-state index in [9.17, 15) is 14.3 Å². The molecule has 1 unspecified atom stereocenters. The van der Waals surface area contributed by atoms with Gasteiger partial charge in [0.1, 0.15) is 6.61 Å². The zero-order valence-corrected chi connectivity index (χ0v) is 8.91. The summed E-state index contributed by atoms with van der Waals surface area (Å²) in [4.78, 5) is 21.4. The molecule has 1 atom stereocenters. The lowest BCUT2D eigenvalue weighted by Gasteiger charge is -2.19. The van der Waals surface area contributed by atoms with Crippen molar-refractivity contribution in [1.29, 1.82) is 0 Å². The van der Waals surface area contributed by atoms with Crippen molar-refractivity contribution >= 4 is 13.8 Å². The van der Waals surface area contributed by atoms with E-state index in [0.717, 1.165) is 7.11 Å². The minimum atomic E-state index is -4.22. The number of rotatable bonds is 6. The van der Waals surface area contributed by atoms with Crippen molar-refractivity contribution in [1.82, 2.24) is 0 Å². The number of phosphoric ester groups is 1. The second-order valence-corrected chi connectivity index (χ2v) is 3.90. The topological polar surface area (TPSA) is 84.9 Å². The first-order valence-corrected chi connectivity index (χ1v) is 5.19. The Balaban J connectivity index is 3.62. The van der Waals surface area contributed by atoms with E-state index in [4.69, 9.17) is 0 Å². The molecule has 0 aromatic rings. The van der Waals surface area contributed by atoms with Gasteiger partial charge in [-0.15, -0.1) is 0 Å². The second kappa shape index (κ2) is 5.93. The van der Waals surface area contributed by atoms with Gasteiger partial charge in [0.2, 0.25) is 0 Å². The van der Waals surface area contributed by atoms with Crippen molar-refractivity contribution in [3.05, 3.63) is 12.2 Å². The Morgan fingerprint density at radius 2 is 2.07 bits per heavy atom. The lowest BCUT2D eigenvalue weighted by Crippen LogP contribution is -2.13. The average molecular weight is 223 g/mol. The molecule has 0 saturated carbocycles. The maximum atomic E-state index is 10.8. The van der Waals surface area contributed by atoms with Crippen LogP contribution in [0.2, 0.25) is 0 Å². The van der Waals surface area contributed by atoms with Gasteiger partial charge in [-0.3, -0.25) is 4.57 Å². The van der Waals surface area contributed by atoms with Gasteiger partial charge in [0.05, 0.1) is 6.61 Å². The summed E-state index contributed by atoms with van der Waals surface area (Å²) in [6.07, 6.45) is 0. The lowest BCUT2D eigenvalue weighted by atomic mass is 10.4. The maximum Gasteiger partial charge on any atom is 0.333 e. The SMILES string of the molecule is C=C(C)C(=O)OCCOP(=O)([O-])OC. The zero-order chi connectivity index (χ0) is 11.2. The largest absolute Gasteiger partial charge is 0.756 e. The molecule has 0 spiro atoms. The molecule has 0 fully saturated rings. The van der Waals surface area contributed by atoms with E-state index in [0.29, 0.717) is 0 Å². The minimum Gasteiger partial charge on any atom is -0.756 e. The van der Waals surface area contributed by atoms with Crippen molar-refractivity contribution < 1.29 is 28.0 Å². The molecule has 0 aromatic carbocycles. The van der Waals surface area contributed by atoms with Gasteiger partial charge in [-0.2, -0.15) is 0 Å². The molecule has 14 heavy (non-hydrogen) atoms. The summed E-state index contributed by atoms with van der Waals surface area (Å²) in [5.41, 5.74) is 0.238. The first-order chi connectivity index (χ1) is 6.39. The molecule has 0 N–H and O–H groups in total. The van der Waals surface area contributed by atoms with Crippen LogP contribution in [-0.2, 0) is 23.1 Å². The van der Waals surface area contributed by atoms with E-state index in [1.54, 1.807) is 0 Å². The van der Waals surface area contributed by atoms with Gasteiger partial charge < -0.3 is 18.7 Å². The van der Waals surface area contributed by atoms with Gasteiger partial charge in [-0.05, 0) is 6.92 Å². The Bertz CT molecular complexity index is 261. The fraction of sp³-hybridized carbons (Fsp3) is 0.571. The Hall–Kier alpha value is -0.680. The van der Waals surface area contributed by atoms with Gasteiger partial charge >= 0.3 is 5.97 Å². The van der Waals surface area contributed by atoms with Crippen LogP contribution in [0.15, 0.2) is 12.2 Å². The highest BCUT2D eigenvalue weighted by Crippen LogP contribution is 2.36. The van der Waals surface area contributed by atoms with E-state index >= 15 is 0 Å². The van der Waals surface area contributed by atoms with E-state index in [2.05, 4.69) is 20.4 Å². The number of hydrogen-bond donors (Lipinski definition) is 0. The van der Waals surface area contributed by atoms with Crippen LogP contribution >= 0.6 is 7.82 Å². The van der Waals surface area contributed by atoms with Gasteiger partial charge in [0.15, 0.2) is 0 Å². The smallest absolute Gasteiger partial charge is 0.333 e. The Kier molecular flexibility index (Phi) is 5.64. The molecule has 0 saturated heterocycles. The summed E-state index contributed by atoms with van der Waals surface area (Å²) < 4.78 is 23.5. The molecule has 82 valence electrons. The van der Waals surface area contributed by atoms with Crippen LogP contribution in [0.1, 0.15) is 6.92 Å². The van der Waals surface area contributed by atoms with Crippen LogP contribution in [0, 0.1) is 0 Å². The summed E-state index contributed by atoms with van der Waals surface area (Å²) in [7, 11) is -3.24. The van der Waals surface area contributed by atoms with E-state index in [1.807, 2.05) is 0 Å². The Morgan fingerprint density at radius 1 is 1.50 bits per heavy atom. The molecule has 0 aliphatic rings. The number of hydrogen-bond acceptors (Lipinski definition) is 6. The van der Waals surface area contributed by atoms with Crippen LogP contribution in [0.4, 0.5) is 0 Å². The second-order valence-electron chi connectivity index (χ2n) is 2.38. The molecular weight excluding hydrogens is 211 g/mol. The number of esters is 1. The van der Waals surface area contributed by atoms with E-state index in [-0.39, 0.29) is 18.8 Å². The van der Waals surface area contributed by atoms with E-state index < -0.39 is 13.8 Å². The van der Waals surface area contributed by atoms with Crippen LogP contribution in [0.5, 0.6) is 0 Å². The van der Waals surface area contributed by atoms with Crippen molar-refractivity contribution in [2.24, 2.45) is 0 Å². The Labute approximate surface area is 82.1 Å². The van der Waals surface area contributed by atoms with Crippen LogP contribution in [0.3, 0.4) is 0 Å². The van der Waals surface area contributed by atoms with Crippen molar-refractivity contribution in [3.63, 3.8) is 0 Å². The van der Waals surface area contributed by atoms with Gasteiger partial charge in [0, 0.05) is 12.7 Å². The zero-order valence-electron chi connectivity index (χ0n) is 8.02. The molecule has 0 amide bonds. The molecule has 0 bridgehead atoms. The summed E-state index contributed by atoms with van der Waals surface area (Å²) in [5.74, 6) is -0.591. The Morgan fingerprint density at radius 3 is 2.50 bits per heavy atom. The molecule has 0 radical (unpaired) electrons. The lowest BCUT2D eigenvalue weighted by molar-refractivity contribution is -0.223. The van der Waals surface area contributed by atoms with Gasteiger partial charge in [0.25, 0.3) is 7.82 Å². The predicted octanol–water partition coefficient (Wildman–Crippen LogP) is 0.237. The first kappa shape index (κ1) is 13.3. The van der Waals surface area contributed by atoms with Crippen LogP contribution in [-0.4, -0.2) is 26.3 Å². The highest BCUT2D eigenvalue weighted by atomic mass is 31.2.